The Balaban J connectivity index is 1.92. The molecule has 1 nitrogen and oxygen atoms in total. The van der Waals surface area contributed by atoms with Crippen molar-refractivity contribution in [3.8, 4) is 0 Å². The summed E-state index contributed by atoms with van der Waals surface area (Å²) in [4.78, 5) is 0. The van der Waals surface area contributed by atoms with Gasteiger partial charge in [0.25, 0.3) is 0 Å². The van der Waals surface area contributed by atoms with Gasteiger partial charge in [-0.15, -0.1) is 0 Å². The molecule has 19 heavy (non-hydrogen) atoms. The number of nitrogens with one attached hydrogen (secondary N) is 1. The van der Waals surface area contributed by atoms with Crippen molar-refractivity contribution >= 4 is 5.69 Å². The van der Waals surface area contributed by atoms with E-state index < -0.39 is 11.7 Å². The zero-order valence-corrected chi connectivity index (χ0v) is 11.1. The van der Waals surface area contributed by atoms with E-state index in [0.29, 0.717) is 11.6 Å². The van der Waals surface area contributed by atoms with Crippen molar-refractivity contribution in [3.63, 3.8) is 0 Å². The first-order chi connectivity index (χ1) is 8.95. The van der Waals surface area contributed by atoms with Gasteiger partial charge in [0, 0.05) is 12.2 Å². The average Bonchev–Trinajstić information content (AvgIpc) is 2.36. The minimum atomic E-state index is -4.27. The molecule has 4 heteroatoms. The van der Waals surface area contributed by atoms with E-state index in [1.165, 1.54) is 37.8 Å². The maximum Gasteiger partial charge on any atom is 0.416 e. The smallest absolute Gasteiger partial charge is 0.385 e. The van der Waals surface area contributed by atoms with Gasteiger partial charge >= 0.3 is 6.18 Å². The van der Waals surface area contributed by atoms with E-state index in [-0.39, 0.29) is 0 Å². The Hall–Kier alpha value is -1.19. The van der Waals surface area contributed by atoms with E-state index in [9.17, 15) is 13.2 Å². The first-order valence-corrected chi connectivity index (χ1v) is 6.86. The van der Waals surface area contributed by atoms with Gasteiger partial charge in [-0.05, 0) is 42.9 Å². The van der Waals surface area contributed by atoms with Crippen molar-refractivity contribution in [3.05, 3.63) is 29.8 Å². The van der Waals surface area contributed by atoms with Crippen LogP contribution in [-0.2, 0) is 6.18 Å². The van der Waals surface area contributed by atoms with Gasteiger partial charge in [-0.1, -0.05) is 25.8 Å². The first kappa shape index (κ1) is 14.2. The Labute approximate surface area is 112 Å². The molecule has 1 fully saturated rings. The van der Waals surface area contributed by atoms with Crippen LogP contribution >= 0.6 is 0 Å². The summed E-state index contributed by atoms with van der Waals surface area (Å²) in [5.41, 5.74) is -0.0254. The molecule has 2 atom stereocenters. The highest BCUT2D eigenvalue weighted by molar-refractivity contribution is 5.46. The molecule has 0 spiro atoms. The van der Waals surface area contributed by atoms with Gasteiger partial charge in [0.1, 0.15) is 0 Å². The number of rotatable bonds is 3. The second kappa shape index (κ2) is 5.85. The van der Waals surface area contributed by atoms with Crippen LogP contribution in [0.3, 0.4) is 0 Å². The largest absolute Gasteiger partial charge is 0.416 e. The topological polar surface area (TPSA) is 12.0 Å². The Morgan fingerprint density at radius 1 is 1.26 bits per heavy atom. The fraction of sp³-hybridized carbons (Fsp3) is 0.600. The molecule has 106 valence electrons. The van der Waals surface area contributed by atoms with E-state index in [4.69, 9.17) is 0 Å². The molecular formula is C15H20F3N. The minimum absolute atomic E-state index is 0.563. The predicted molar refractivity (Wildman–Crippen MR) is 71.1 cm³/mol. The first-order valence-electron chi connectivity index (χ1n) is 6.86. The van der Waals surface area contributed by atoms with Crippen LogP contribution in [0.2, 0.25) is 0 Å². The summed E-state index contributed by atoms with van der Waals surface area (Å²) < 4.78 is 37.8. The standard InChI is InChI=1S/C15H20F3N/c1-11-4-2-5-12(8-11)10-19-14-7-3-6-13(9-14)15(16,17)18/h3,6-7,9,11-12,19H,2,4-5,8,10H2,1H3. The lowest BCUT2D eigenvalue weighted by molar-refractivity contribution is -0.137. The highest BCUT2D eigenvalue weighted by Gasteiger charge is 2.30. The van der Waals surface area contributed by atoms with Crippen LogP contribution in [0.25, 0.3) is 0 Å². The van der Waals surface area contributed by atoms with Crippen molar-refractivity contribution in [2.75, 3.05) is 11.9 Å². The van der Waals surface area contributed by atoms with Gasteiger partial charge in [0.15, 0.2) is 0 Å². The monoisotopic (exact) mass is 271 g/mol. The van der Waals surface area contributed by atoms with Crippen LogP contribution in [0, 0.1) is 11.8 Å². The second-order valence-corrected chi connectivity index (χ2v) is 5.60. The highest BCUT2D eigenvalue weighted by atomic mass is 19.4. The number of anilines is 1. The highest BCUT2D eigenvalue weighted by Crippen LogP contribution is 2.31. The number of benzene rings is 1. The van der Waals surface area contributed by atoms with Crippen LogP contribution in [0.15, 0.2) is 24.3 Å². The molecule has 1 aromatic rings. The molecule has 0 heterocycles. The third-order valence-corrected chi connectivity index (χ3v) is 3.83. The lowest BCUT2D eigenvalue weighted by Crippen LogP contribution is -2.21. The lowest BCUT2D eigenvalue weighted by atomic mass is 9.82. The fourth-order valence-corrected chi connectivity index (χ4v) is 2.81. The summed E-state index contributed by atoms with van der Waals surface area (Å²) in [6, 6.07) is 5.44. The Kier molecular flexibility index (Phi) is 4.38. The van der Waals surface area contributed by atoms with Crippen LogP contribution in [0.4, 0.5) is 18.9 Å². The number of hydrogen-bond acceptors (Lipinski definition) is 1. The summed E-state index contributed by atoms with van der Waals surface area (Å²) in [5.74, 6) is 1.32. The van der Waals surface area contributed by atoms with E-state index in [1.807, 2.05) is 0 Å². The molecule has 1 aromatic carbocycles. The fourth-order valence-electron chi connectivity index (χ4n) is 2.81. The molecule has 2 rings (SSSR count). The Bertz CT molecular complexity index is 414. The van der Waals surface area contributed by atoms with Crippen molar-refractivity contribution in [2.24, 2.45) is 11.8 Å². The molecule has 0 aliphatic heterocycles. The Morgan fingerprint density at radius 2 is 2.05 bits per heavy atom. The number of hydrogen-bond donors (Lipinski definition) is 1. The maximum absolute atomic E-state index is 12.6. The van der Waals surface area contributed by atoms with E-state index >= 15 is 0 Å². The molecule has 0 amide bonds. The predicted octanol–water partition coefficient (Wildman–Crippen LogP) is 4.94. The van der Waals surface area contributed by atoms with Gasteiger partial charge in [-0.3, -0.25) is 0 Å². The van der Waals surface area contributed by atoms with Crippen LogP contribution < -0.4 is 5.32 Å². The van der Waals surface area contributed by atoms with Gasteiger partial charge < -0.3 is 5.32 Å². The minimum Gasteiger partial charge on any atom is -0.385 e. The van der Waals surface area contributed by atoms with Gasteiger partial charge in [-0.25, -0.2) is 0 Å². The zero-order valence-electron chi connectivity index (χ0n) is 11.1. The normalized spacial score (nSPS) is 24.2. The quantitative estimate of drug-likeness (QED) is 0.820. The van der Waals surface area contributed by atoms with Crippen molar-refractivity contribution in [1.82, 2.24) is 0 Å². The molecule has 2 unspecified atom stereocenters. The molecule has 1 saturated carbocycles. The van der Waals surface area contributed by atoms with Crippen molar-refractivity contribution in [2.45, 2.75) is 38.8 Å². The third-order valence-electron chi connectivity index (χ3n) is 3.83. The van der Waals surface area contributed by atoms with Crippen LogP contribution in [0.1, 0.15) is 38.2 Å². The zero-order chi connectivity index (χ0) is 13.9. The summed E-state index contributed by atoms with van der Waals surface area (Å²) in [6.07, 6.45) is 0.593. The van der Waals surface area contributed by atoms with Gasteiger partial charge in [0.05, 0.1) is 5.56 Å². The summed E-state index contributed by atoms with van der Waals surface area (Å²) in [6.45, 7) is 3.02. The molecule has 0 aromatic heterocycles. The van der Waals surface area contributed by atoms with E-state index in [1.54, 1.807) is 6.07 Å². The number of alkyl halides is 3. The second-order valence-electron chi connectivity index (χ2n) is 5.60. The molecule has 1 aliphatic carbocycles. The summed E-state index contributed by atoms with van der Waals surface area (Å²) in [5, 5.41) is 3.15. The van der Waals surface area contributed by atoms with E-state index in [2.05, 4.69) is 12.2 Å². The molecule has 1 N–H and O–H groups in total. The summed E-state index contributed by atoms with van der Waals surface area (Å²) in [7, 11) is 0. The van der Waals surface area contributed by atoms with Gasteiger partial charge in [0.2, 0.25) is 0 Å². The average molecular weight is 271 g/mol. The van der Waals surface area contributed by atoms with Crippen LogP contribution in [-0.4, -0.2) is 6.54 Å². The third kappa shape index (κ3) is 4.15. The van der Waals surface area contributed by atoms with E-state index in [0.717, 1.165) is 18.5 Å². The lowest BCUT2D eigenvalue weighted by Gasteiger charge is -2.27. The molecule has 0 saturated heterocycles. The Morgan fingerprint density at radius 3 is 2.74 bits per heavy atom. The van der Waals surface area contributed by atoms with Crippen molar-refractivity contribution in [1.29, 1.82) is 0 Å². The maximum atomic E-state index is 12.6. The van der Waals surface area contributed by atoms with Crippen LogP contribution in [0.5, 0.6) is 0 Å². The molecule has 0 bridgehead atoms. The molecule has 0 radical (unpaired) electrons. The van der Waals surface area contributed by atoms with Gasteiger partial charge in [-0.2, -0.15) is 13.2 Å². The summed E-state index contributed by atoms with van der Waals surface area (Å²) >= 11 is 0. The SMILES string of the molecule is CC1CCCC(CNc2cccc(C(F)(F)F)c2)C1. The number of halogens is 3. The van der Waals surface area contributed by atoms with Crippen molar-refractivity contribution < 1.29 is 13.2 Å². The molecule has 1 aliphatic rings. The molecular weight excluding hydrogens is 251 g/mol.